The van der Waals surface area contributed by atoms with Gasteiger partial charge in [-0.3, -0.25) is 4.79 Å². The highest BCUT2D eigenvalue weighted by molar-refractivity contribution is 5.52. The number of carbonyl (C=O) groups excluding carboxylic acids is 1. The topological polar surface area (TPSA) is 23.6 Å². The fourth-order valence-corrected chi connectivity index (χ4v) is 2.12. The maximum absolute atomic E-state index is 10.8. The number of piperazine rings is 1. The van der Waals surface area contributed by atoms with Crippen molar-refractivity contribution in [2.75, 3.05) is 24.5 Å². The molecule has 1 saturated heterocycles. The lowest BCUT2D eigenvalue weighted by molar-refractivity contribution is -0.120. The van der Waals surface area contributed by atoms with Crippen LogP contribution in [0.15, 0.2) is 24.3 Å². The van der Waals surface area contributed by atoms with Gasteiger partial charge in [-0.2, -0.15) is 0 Å². The Labute approximate surface area is 96.7 Å². The summed E-state index contributed by atoms with van der Waals surface area (Å²) in [6, 6.07) is 8.86. The fraction of sp³-hybridized carbons (Fsp3) is 0.462. The van der Waals surface area contributed by atoms with E-state index in [9.17, 15) is 4.79 Å². The zero-order chi connectivity index (χ0) is 11.5. The summed E-state index contributed by atoms with van der Waals surface area (Å²) in [7, 11) is 0. The third kappa shape index (κ3) is 2.18. The van der Waals surface area contributed by atoms with Crippen molar-refractivity contribution in [3.8, 4) is 0 Å². The molecule has 1 atom stereocenters. The molecule has 16 heavy (non-hydrogen) atoms. The summed E-state index contributed by atoms with van der Waals surface area (Å²) in [5, 5.41) is 0. The van der Waals surface area contributed by atoms with Gasteiger partial charge in [0.05, 0.1) is 0 Å². The summed E-state index contributed by atoms with van der Waals surface area (Å²) in [4.78, 5) is 15.0. The Morgan fingerprint density at radius 2 is 1.94 bits per heavy atom. The van der Waals surface area contributed by atoms with Gasteiger partial charge in [0.1, 0.15) is 0 Å². The molecule has 1 fully saturated rings. The molecule has 1 amide bonds. The van der Waals surface area contributed by atoms with Crippen LogP contribution < -0.4 is 4.90 Å². The molecule has 0 saturated carbocycles. The maximum Gasteiger partial charge on any atom is 0.210 e. The van der Waals surface area contributed by atoms with Gasteiger partial charge in [-0.25, -0.2) is 0 Å². The monoisotopic (exact) mass is 218 g/mol. The van der Waals surface area contributed by atoms with E-state index in [2.05, 4.69) is 43.0 Å². The van der Waals surface area contributed by atoms with E-state index in [0.29, 0.717) is 6.04 Å². The lowest BCUT2D eigenvalue weighted by Gasteiger charge is -2.39. The molecule has 1 aromatic carbocycles. The molecule has 0 radical (unpaired) electrons. The summed E-state index contributed by atoms with van der Waals surface area (Å²) in [6.45, 7) is 6.85. The van der Waals surface area contributed by atoms with Crippen LogP contribution in [-0.4, -0.2) is 37.0 Å². The number of carbonyl (C=O) groups is 1. The van der Waals surface area contributed by atoms with Gasteiger partial charge < -0.3 is 9.80 Å². The van der Waals surface area contributed by atoms with E-state index < -0.39 is 0 Å². The smallest absolute Gasteiger partial charge is 0.210 e. The van der Waals surface area contributed by atoms with Crippen LogP contribution in [0.3, 0.4) is 0 Å². The van der Waals surface area contributed by atoms with Crippen LogP contribution in [0.2, 0.25) is 0 Å². The number of aryl methyl sites for hydroxylation is 1. The first-order valence-corrected chi connectivity index (χ1v) is 5.73. The number of hydrogen-bond donors (Lipinski definition) is 0. The first-order valence-electron chi connectivity index (χ1n) is 5.73. The van der Waals surface area contributed by atoms with Crippen molar-refractivity contribution >= 4 is 12.1 Å². The van der Waals surface area contributed by atoms with Crippen LogP contribution in [0, 0.1) is 6.92 Å². The van der Waals surface area contributed by atoms with E-state index in [0.717, 1.165) is 26.0 Å². The van der Waals surface area contributed by atoms with Gasteiger partial charge >= 0.3 is 0 Å². The second-order valence-electron chi connectivity index (χ2n) is 4.47. The quantitative estimate of drug-likeness (QED) is 0.705. The van der Waals surface area contributed by atoms with Gasteiger partial charge in [0.25, 0.3) is 0 Å². The molecule has 0 bridgehead atoms. The summed E-state index contributed by atoms with van der Waals surface area (Å²) in [5.74, 6) is 0. The van der Waals surface area contributed by atoms with E-state index in [1.807, 2.05) is 4.90 Å². The van der Waals surface area contributed by atoms with Crippen LogP contribution in [-0.2, 0) is 4.79 Å². The Kier molecular flexibility index (Phi) is 3.13. The third-order valence-electron chi connectivity index (χ3n) is 3.21. The summed E-state index contributed by atoms with van der Waals surface area (Å²) in [5.41, 5.74) is 2.53. The molecule has 3 nitrogen and oxygen atoms in total. The summed E-state index contributed by atoms with van der Waals surface area (Å²) < 4.78 is 0. The van der Waals surface area contributed by atoms with Gasteiger partial charge in [0, 0.05) is 31.4 Å². The minimum atomic E-state index is 0.299. The van der Waals surface area contributed by atoms with E-state index in [1.54, 1.807) is 0 Å². The third-order valence-corrected chi connectivity index (χ3v) is 3.21. The number of anilines is 1. The molecule has 1 aromatic rings. The normalized spacial score (nSPS) is 21.0. The van der Waals surface area contributed by atoms with Gasteiger partial charge in [0.15, 0.2) is 0 Å². The summed E-state index contributed by atoms with van der Waals surface area (Å²) >= 11 is 0. The SMILES string of the molecule is Cc1ccc(N2CCN(C=O)C(C)C2)cc1. The zero-order valence-corrected chi connectivity index (χ0v) is 9.89. The molecule has 0 spiro atoms. The minimum absolute atomic E-state index is 0.299. The van der Waals surface area contributed by atoms with E-state index in [-0.39, 0.29) is 0 Å². The average Bonchev–Trinajstić information content (AvgIpc) is 2.30. The number of benzene rings is 1. The Hall–Kier alpha value is -1.51. The molecule has 1 heterocycles. The van der Waals surface area contributed by atoms with Crippen molar-refractivity contribution in [3.63, 3.8) is 0 Å². The Morgan fingerprint density at radius 1 is 1.25 bits per heavy atom. The molecule has 1 unspecified atom stereocenters. The average molecular weight is 218 g/mol. The first-order chi connectivity index (χ1) is 7.70. The van der Waals surface area contributed by atoms with Crippen molar-refractivity contribution in [1.82, 2.24) is 4.90 Å². The van der Waals surface area contributed by atoms with Crippen LogP contribution in [0.25, 0.3) is 0 Å². The number of rotatable bonds is 2. The molecule has 2 rings (SSSR count). The van der Waals surface area contributed by atoms with E-state index in [1.165, 1.54) is 11.3 Å². The van der Waals surface area contributed by atoms with Crippen molar-refractivity contribution in [1.29, 1.82) is 0 Å². The number of nitrogens with zero attached hydrogens (tertiary/aromatic N) is 2. The second kappa shape index (κ2) is 4.56. The number of amides is 1. The van der Waals surface area contributed by atoms with Gasteiger partial charge in [-0.15, -0.1) is 0 Å². The molecule has 0 aliphatic carbocycles. The lowest BCUT2D eigenvalue weighted by Crippen LogP contribution is -2.51. The van der Waals surface area contributed by atoms with Crippen molar-refractivity contribution in [3.05, 3.63) is 29.8 Å². The number of hydrogen-bond acceptors (Lipinski definition) is 2. The zero-order valence-electron chi connectivity index (χ0n) is 9.89. The second-order valence-corrected chi connectivity index (χ2v) is 4.47. The fourth-order valence-electron chi connectivity index (χ4n) is 2.12. The molecule has 3 heteroatoms. The lowest BCUT2D eigenvalue weighted by atomic mass is 10.1. The van der Waals surface area contributed by atoms with Crippen molar-refractivity contribution in [2.24, 2.45) is 0 Å². The standard InChI is InChI=1S/C13H18N2O/c1-11-3-5-13(6-4-11)14-7-8-15(10-16)12(2)9-14/h3-6,10,12H,7-9H2,1-2H3. The van der Waals surface area contributed by atoms with Gasteiger partial charge in [0.2, 0.25) is 6.41 Å². The first kappa shape index (κ1) is 11.0. The Balaban J connectivity index is 2.07. The largest absolute Gasteiger partial charge is 0.368 e. The Morgan fingerprint density at radius 3 is 2.50 bits per heavy atom. The predicted molar refractivity (Wildman–Crippen MR) is 65.6 cm³/mol. The van der Waals surface area contributed by atoms with Gasteiger partial charge in [-0.05, 0) is 26.0 Å². The maximum atomic E-state index is 10.8. The summed E-state index contributed by atoms with van der Waals surface area (Å²) in [6.07, 6.45) is 0.956. The molecule has 1 aliphatic heterocycles. The molecule has 0 N–H and O–H groups in total. The van der Waals surface area contributed by atoms with Crippen molar-refractivity contribution in [2.45, 2.75) is 19.9 Å². The molecular weight excluding hydrogens is 200 g/mol. The molecule has 0 aromatic heterocycles. The van der Waals surface area contributed by atoms with Crippen LogP contribution >= 0.6 is 0 Å². The predicted octanol–water partition coefficient (Wildman–Crippen LogP) is 1.66. The van der Waals surface area contributed by atoms with Gasteiger partial charge in [-0.1, -0.05) is 17.7 Å². The molecule has 86 valence electrons. The highest BCUT2D eigenvalue weighted by atomic mass is 16.1. The highest BCUT2D eigenvalue weighted by Gasteiger charge is 2.22. The Bertz CT molecular complexity index is 361. The van der Waals surface area contributed by atoms with Crippen LogP contribution in [0.1, 0.15) is 12.5 Å². The van der Waals surface area contributed by atoms with E-state index >= 15 is 0 Å². The van der Waals surface area contributed by atoms with Crippen molar-refractivity contribution < 1.29 is 4.79 Å². The van der Waals surface area contributed by atoms with Crippen LogP contribution in [0.4, 0.5) is 5.69 Å². The van der Waals surface area contributed by atoms with E-state index in [4.69, 9.17) is 0 Å². The highest BCUT2D eigenvalue weighted by Crippen LogP contribution is 2.18. The minimum Gasteiger partial charge on any atom is -0.368 e. The van der Waals surface area contributed by atoms with Crippen LogP contribution in [0.5, 0.6) is 0 Å². The molecular formula is C13H18N2O. The molecule has 1 aliphatic rings.